The molecule has 19 nitrogen and oxygen atoms in total. The van der Waals surface area contributed by atoms with Crippen molar-refractivity contribution in [2.75, 3.05) is 12.3 Å². The molecule has 0 aromatic carbocycles. The molecular formula is C10H13Li4N5O14P2S. The Morgan fingerprint density at radius 3 is 2.25 bits per heavy atom. The molecule has 0 aliphatic carbocycles. The van der Waals surface area contributed by atoms with E-state index in [9.17, 15) is 41.9 Å². The van der Waals surface area contributed by atoms with Crippen LogP contribution < -0.4 is 95.9 Å². The van der Waals surface area contributed by atoms with Crippen molar-refractivity contribution in [2.45, 2.75) is 24.5 Å². The Morgan fingerprint density at radius 2 is 1.72 bits per heavy atom. The fraction of sp³-hybridized carbons (Fsp3) is 0.500. The molecule has 5 unspecified atom stereocenters. The molecule has 3 heterocycles. The SMILES string of the molecule is Nc1ncnc2c1ncn2C1OC(COP(=O)([O-])OS(=O)(=O)[O-])C(OP(=O)([O-])[O-])C1O.O.[Li+].[Li+].[Li+].[Li+]. The van der Waals surface area contributed by atoms with Gasteiger partial charge in [-0.15, -0.1) is 0 Å². The van der Waals surface area contributed by atoms with Gasteiger partial charge in [0.1, 0.15) is 30.2 Å². The minimum Gasteiger partial charge on any atom is -0.790 e. The molecule has 5 N–H and O–H groups in total. The van der Waals surface area contributed by atoms with Crippen LogP contribution in [0.15, 0.2) is 12.7 Å². The Kier molecular flexibility index (Phi) is 17.8. The molecule has 3 rings (SSSR count). The number of nitrogen functional groups attached to an aromatic ring is 1. The minimum absolute atomic E-state index is 0. The first-order chi connectivity index (χ1) is 14.2. The van der Waals surface area contributed by atoms with E-state index in [0.717, 1.165) is 17.2 Å². The van der Waals surface area contributed by atoms with Gasteiger partial charge in [0.05, 0.1) is 20.8 Å². The normalized spacial score (nSPS) is 23.1. The molecule has 0 saturated carbocycles. The van der Waals surface area contributed by atoms with Gasteiger partial charge in [-0.1, -0.05) is 0 Å². The van der Waals surface area contributed by atoms with Crippen LogP contribution in [0.3, 0.4) is 0 Å². The van der Waals surface area contributed by atoms with Crippen LogP contribution in [-0.4, -0.2) is 68.0 Å². The van der Waals surface area contributed by atoms with Crippen molar-refractivity contribution in [2.24, 2.45) is 0 Å². The summed E-state index contributed by atoms with van der Waals surface area (Å²) in [5.41, 5.74) is 5.73. The van der Waals surface area contributed by atoms with Gasteiger partial charge in [-0.2, -0.15) is 0 Å². The first-order valence-corrected chi connectivity index (χ1v) is 12.0. The molecule has 1 aliphatic rings. The third kappa shape index (κ3) is 10.7. The van der Waals surface area contributed by atoms with Crippen LogP contribution in [0.2, 0.25) is 0 Å². The summed E-state index contributed by atoms with van der Waals surface area (Å²) in [4.78, 5) is 45.0. The maximum absolute atomic E-state index is 11.4. The number of fused-ring (bicyclic) bond motifs is 1. The summed E-state index contributed by atoms with van der Waals surface area (Å²) in [6, 6.07) is 0. The molecule has 1 fully saturated rings. The fourth-order valence-electron chi connectivity index (χ4n) is 2.72. The van der Waals surface area contributed by atoms with E-state index in [0.29, 0.717) is 0 Å². The topological polar surface area (TPSA) is 319 Å². The molecule has 0 spiro atoms. The predicted octanol–water partition coefficient (Wildman–Crippen LogP) is -17.0. The van der Waals surface area contributed by atoms with Gasteiger partial charge >= 0.3 is 75.4 Å². The summed E-state index contributed by atoms with van der Waals surface area (Å²) in [6.45, 7) is -1.21. The second-order valence-electron chi connectivity index (χ2n) is 5.88. The van der Waals surface area contributed by atoms with Gasteiger partial charge in [0, 0.05) is 0 Å². The number of phosphoric acid groups is 2. The first-order valence-electron chi connectivity index (χ1n) is 7.76. The quantitative estimate of drug-likeness (QED) is 0.134. The Labute approximate surface area is 251 Å². The number of imidazole rings is 1. The van der Waals surface area contributed by atoms with Crippen molar-refractivity contribution in [3.8, 4) is 0 Å². The van der Waals surface area contributed by atoms with Crippen molar-refractivity contribution in [1.29, 1.82) is 0 Å². The van der Waals surface area contributed by atoms with E-state index < -0.39 is 57.2 Å². The van der Waals surface area contributed by atoms with E-state index in [4.69, 9.17) is 10.5 Å². The zero-order valence-corrected chi connectivity index (χ0v) is 21.8. The van der Waals surface area contributed by atoms with Gasteiger partial charge in [-0.3, -0.25) is 9.13 Å². The number of nitrogens with two attached hydrogens (primary N) is 1. The van der Waals surface area contributed by atoms with E-state index in [1.807, 2.05) is 0 Å². The van der Waals surface area contributed by atoms with Crippen molar-refractivity contribution in [1.82, 2.24) is 19.5 Å². The minimum atomic E-state index is -5.74. The largest absolute Gasteiger partial charge is 1.00 e. The molecule has 2 aromatic rings. The zero-order valence-electron chi connectivity index (χ0n) is 19.2. The first kappa shape index (κ1) is 41.2. The number of rotatable bonds is 8. The monoisotopic (exact) mass is 549 g/mol. The third-order valence-electron chi connectivity index (χ3n) is 3.80. The Morgan fingerprint density at radius 1 is 1.14 bits per heavy atom. The number of aliphatic hydroxyl groups excluding tert-OH is 1. The summed E-state index contributed by atoms with van der Waals surface area (Å²) >= 11 is 0. The molecule has 1 saturated heterocycles. The number of aromatic nitrogens is 4. The van der Waals surface area contributed by atoms with Crippen LogP contribution >= 0.6 is 15.6 Å². The van der Waals surface area contributed by atoms with Crippen molar-refractivity contribution < 1.29 is 141 Å². The van der Waals surface area contributed by atoms with Gasteiger partial charge < -0.3 is 53.9 Å². The molecule has 0 bridgehead atoms. The summed E-state index contributed by atoms with van der Waals surface area (Å²) in [7, 11) is -17.2. The van der Waals surface area contributed by atoms with Crippen molar-refractivity contribution >= 4 is 43.0 Å². The zero-order chi connectivity index (χ0) is 23.2. The maximum Gasteiger partial charge on any atom is 1.00 e. The van der Waals surface area contributed by atoms with Gasteiger partial charge in [0.2, 0.25) is 10.4 Å². The van der Waals surface area contributed by atoms with Gasteiger partial charge in [-0.25, -0.2) is 27.3 Å². The Bertz CT molecular complexity index is 1190. The van der Waals surface area contributed by atoms with Crippen LogP contribution in [0.5, 0.6) is 0 Å². The standard InChI is InChI=1S/C10H15N5O13P2S.4Li.H2O/c11-8-5-9(13-2-12-8)15(3-14-5)10-6(16)7(27-29(17,18)19)4(26-10)1-25-30(20,21)28-31(22,23)24;;;;;/h2-4,6-7,10,16H,1H2,(H,20,21)(H2,11,12,13)(H2,17,18,19)(H,22,23,24);;;;;1H2/q;4*+1;/p-4. The van der Waals surface area contributed by atoms with Gasteiger partial charge in [0.25, 0.3) is 7.82 Å². The average molecular weight is 549 g/mol. The van der Waals surface area contributed by atoms with E-state index in [2.05, 4.69) is 28.0 Å². The molecule has 26 heteroatoms. The summed E-state index contributed by atoms with van der Waals surface area (Å²) < 4.78 is 71.8. The van der Waals surface area contributed by atoms with E-state index >= 15 is 0 Å². The number of anilines is 1. The molecule has 36 heavy (non-hydrogen) atoms. The molecule has 182 valence electrons. The van der Waals surface area contributed by atoms with Crippen molar-refractivity contribution in [3.63, 3.8) is 0 Å². The number of ether oxygens (including phenoxy) is 1. The van der Waals surface area contributed by atoms with Gasteiger partial charge in [0.15, 0.2) is 17.7 Å². The third-order valence-corrected chi connectivity index (χ3v) is 6.23. The Hall–Kier alpha value is 0.750. The number of phosphoric ester groups is 2. The number of nitrogens with zero attached hydrogens (tertiary/aromatic N) is 4. The van der Waals surface area contributed by atoms with E-state index in [1.165, 1.54) is 0 Å². The van der Waals surface area contributed by atoms with Crippen LogP contribution in [0, 0.1) is 0 Å². The molecule has 5 atom stereocenters. The molecule has 2 aromatic heterocycles. The number of aliphatic hydroxyl groups is 1. The molecular weight excluding hydrogens is 536 g/mol. The Balaban J connectivity index is -0.00000218. The second kappa shape index (κ2) is 15.5. The predicted molar refractivity (Wildman–Crippen MR) is 90.1 cm³/mol. The summed E-state index contributed by atoms with van der Waals surface area (Å²) in [5, 5.41) is 10.4. The summed E-state index contributed by atoms with van der Waals surface area (Å²) in [5.74, 6) is -0.0456. The fourth-order valence-corrected chi connectivity index (χ4v) is 4.67. The molecule has 0 radical (unpaired) electrons. The van der Waals surface area contributed by atoms with Crippen LogP contribution in [0.4, 0.5) is 5.82 Å². The maximum atomic E-state index is 11.4. The van der Waals surface area contributed by atoms with E-state index in [-0.39, 0.29) is 97.9 Å². The summed E-state index contributed by atoms with van der Waals surface area (Å²) in [6.07, 6.45) is -5.14. The average Bonchev–Trinajstić information content (AvgIpc) is 3.13. The van der Waals surface area contributed by atoms with Crippen LogP contribution in [0.25, 0.3) is 11.2 Å². The van der Waals surface area contributed by atoms with Crippen LogP contribution in [-0.2, 0) is 37.3 Å². The van der Waals surface area contributed by atoms with E-state index in [1.54, 1.807) is 0 Å². The second-order valence-corrected chi connectivity index (χ2v) is 9.55. The van der Waals surface area contributed by atoms with Crippen molar-refractivity contribution in [3.05, 3.63) is 12.7 Å². The smallest absolute Gasteiger partial charge is 0.790 e. The molecule has 0 amide bonds. The van der Waals surface area contributed by atoms with Gasteiger partial charge in [-0.05, 0) is 0 Å². The number of hydrogen-bond donors (Lipinski definition) is 2. The van der Waals surface area contributed by atoms with Crippen LogP contribution in [0.1, 0.15) is 6.23 Å². The number of hydrogen-bond acceptors (Lipinski definition) is 17. The molecule has 1 aliphatic heterocycles.